The van der Waals surface area contributed by atoms with Crippen LogP contribution in [0.2, 0.25) is 0 Å². The number of amides is 3. The van der Waals surface area contributed by atoms with Crippen LogP contribution in [0.25, 0.3) is 0 Å². The highest BCUT2D eigenvalue weighted by atomic mass is 16.6. The Morgan fingerprint density at radius 2 is 1.84 bits per heavy atom. The number of methoxy groups -OCH3 is 1. The summed E-state index contributed by atoms with van der Waals surface area (Å²) in [5.41, 5.74) is 0.610. The number of carbonyl (C=O) groups excluding carboxylic acids is 3. The topological polar surface area (TPSA) is 106 Å². The van der Waals surface area contributed by atoms with Crippen LogP contribution in [0.4, 0.5) is 21.9 Å². The Morgan fingerprint density at radius 1 is 1.12 bits per heavy atom. The average molecular weight is 441 g/mol. The zero-order chi connectivity index (χ0) is 23.5. The van der Waals surface area contributed by atoms with E-state index in [0.717, 1.165) is 0 Å². The van der Waals surface area contributed by atoms with Gasteiger partial charge in [0.25, 0.3) is 5.91 Å². The van der Waals surface area contributed by atoms with Gasteiger partial charge in [-0.25, -0.2) is 4.79 Å². The van der Waals surface area contributed by atoms with Crippen molar-refractivity contribution >= 4 is 35.0 Å². The molecule has 0 saturated carbocycles. The van der Waals surface area contributed by atoms with Crippen molar-refractivity contribution in [2.75, 3.05) is 29.3 Å². The molecule has 2 aromatic carbocycles. The number of nitrogens with zero attached hydrogens (tertiary/aromatic N) is 1. The molecule has 9 nitrogen and oxygen atoms in total. The lowest BCUT2D eigenvalue weighted by Crippen LogP contribution is -2.49. The number of ether oxygens (including phenoxy) is 3. The molecule has 3 amide bonds. The van der Waals surface area contributed by atoms with Crippen LogP contribution in [0.5, 0.6) is 11.5 Å². The molecule has 0 radical (unpaired) electrons. The molecule has 0 aromatic heterocycles. The molecule has 0 fully saturated rings. The Balaban J connectivity index is 1.83. The molecule has 2 aromatic rings. The number of para-hydroxylation sites is 2. The number of fused-ring (bicyclic) bond motifs is 1. The van der Waals surface area contributed by atoms with Gasteiger partial charge in [-0.15, -0.1) is 0 Å². The van der Waals surface area contributed by atoms with E-state index in [-0.39, 0.29) is 12.5 Å². The first-order valence-corrected chi connectivity index (χ1v) is 10.1. The van der Waals surface area contributed by atoms with Crippen molar-refractivity contribution in [3.63, 3.8) is 0 Å². The third-order valence-corrected chi connectivity index (χ3v) is 4.62. The van der Waals surface area contributed by atoms with Gasteiger partial charge < -0.3 is 19.5 Å². The Kier molecular flexibility index (Phi) is 6.57. The van der Waals surface area contributed by atoms with Crippen LogP contribution < -0.4 is 25.0 Å². The minimum atomic E-state index is -0.855. The number of rotatable bonds is 5. The smallest absolute Gasteiger partial charge is 0.412 e. The van der Waals surface area contributed by atoms with Gasteiger partial charge in [0.15, 0.2) is 6.61 Å². The zero-order valence-electron chi connectivity index (χ0n) is 18.7. The maximum Gasteiger partial charge on any atom is 0.412 e. The predicted molar refractivity (Wildman–Crippen MR) is 120 cm³/mol. The second-order valence-electron chi connectivity index (χ2n) is 8.23. The SMILES string of the molecule is COc1ccccc1NC(=O)C(C)N1C(=O)COc2ccc(NC(=O)OC(C)(C)C)cc21. The van der Waals surface area contributed by atoms with E-state index in [9.17, 15) is 14.4 Å². The molecule has 0 bridgehead atoms. The number of hydrogen-bond acceptors (Lipinski definition) is 6. The van der Waals surface area contributed by atoms with Gasteiger partial charge in [0, 0.05) is 5.69 Å². The van der Waals surface area contributed by atoms with Crippen LogP contribution in [0.3, 0.4) is 0 Å². The van der Waals surface area contributed by atoms with E-state index >= 15 is 0 Å². The highest BCUT2D eigenvalue weighted by molar-refractivity contribution is 6.07. The summed E-state index contributed by atoms with van der Waals surface area (Å²) in [5.74, 6) is 0.151. The highest BCUT2D eigenvalue weighted by Crippen LogP contribution is 2.36. The monoisotopic (exact) mass is 441 g/mol. The first-order valence-electron chi connectivity index (χ1n) is 10.1. The predicted octanol–water partition coefficient (Wildman–Crippen LogP) is 3.79. The molecule has 1 heterocycles. The molecule has 1 aliphatic rings. The van der Waals surface area contributed by atoms with Crippen molar-refractivity contribution in [3.8, 4) is 11.5 Å². The standard InChI is InChI=1S/C23H27N3O6/c1-14(21(28)25-16-8-6-7-9-18(16)30-5)26-17-12-15(24-22(29)32-23(2,3)4)10-11-19(17)31-13-20(26)27/h6-12,14H,13H2,1-5H3,(H,24,29)(H,25,28). The first kappa shape index (κ1) is 22.9. The molecule has 1 unspecified atom stereocenters. The van der Waals surface area contributed by atoms with E-state index in [1.807, 2.05) is 0 Å². The number of nitrogens with one attached hydrogen (secondary N) is 2. The number of anilines is 3. The van der Waals surface area contributed by atoms with Gasteiger partial charge in [-0.1, -0.05) is 12.1 Å². The lowest BCUT2D eigenvalue weighted by Gasteiger charge is -2.33. The minimum Gasteiger partial charge on any atom is -0.495 e. The van der Waals surface area contributed by atoms with E-state index in [1.165, 1.54) is 12.0 Å². The lowest BCUT2D eigenvalue weighted by atomic mass is 10.1. The molecular formula is C23H27N3O6. The molecule has 2 N–H and O–H groups in total. The summed E-state index contributed by atoms with van der Waals surface area (Å²) in [4.78, 5) is 39.1. The molecule has 3 rings (SSSR count). The summed E-state index contributed by atoms with van der Waals surface area (Å²) in [7, 11) is 1.51. The van der Waals surface area contributed by atoms with E-state index in [2.05, 4.69) is 10.6 Å². The molecule has 170 valence electrons. The van der Waals surface area contributed by atoms with Crippen molar-refractivity contribution in [2.45, 2.75) is 39.3 Å². The average Bonchev–Trinajstić information content (AvgIpc) is 2.72. The van der Waals surface area contributed by atoms with Crippen LogP contribution in [0.15, 0.2) is 42.5 Å². The molecule has 1 aliphatic heterocycles. The van der Waals surface area contributed by atoms with Crippen molar-refractivity contribution in [2.24, 2.45) is 0 Å². The fourth-order valence-corrected chi connectivity index (χ4v) is 3.20. The van der Waals surface area contributed by atoms with Crippen LogP contribution in [-0.2, 0) is 14.3 Å². The van der Waals surface area contributed by atoms with E-state index in [1.54, 1.807) is 70.2 Å². The van der Waals surface area contributed by atoms with Crippen LogP contribution in [-0.4, -0.2) is 43.3 Å². The number of carbonyl (C=O) groups is 3. The minimum absolute atomic E-state index is 0.196. The van der Waals surface area contributed by atoms with Gasteiger partial charge in [-0.05, 0) is 58.0 Å². The van der Waals surface area contributed by atoms with Gasteiger partial charge in [0.2, 0.25) is 5.91 Å². The van der Waals surface area contributed by atoms with Gasteiger partial charge in [-0.3, -0.25) is 19.8 Å². The Labute approximate surface area is 186 Å². The normalized spacial score (nSPS) is 14.0. The van der Waals surface area contributed by atoms with Crippen molar-refractivity contribution in [1.29, 1.82) is 0 Å². The summed E-state index contributed by atoms with van der Waals surface area (Å²) in [6, 6.07) is 11.0. The fourth-order valence-electron chi connectivity index (χ4n) is 3.20. The fraction of sp³-hybridized carbons (Fsp3) is 0.348. The van der Waals surface area contributed by atoms with E-state index < -0.39 is 23.6 Å². The third kappa shape index (κ3) is 5.29. The van der Waals surface area contributed by atoms with Gasteiger partial charge >= 0.3 is 6.09 Å². The van der Waals surface area contributed by atoms with Crippen LogP contribution in [0, 0.1) is 0 Å². The second-order valence-corrected chi connectivity index (χ2v) is 8.23. The highest BCUT2D eigenvalue weighted by Gasteiger charge is 2.34. The summed E-state index contributed by atoms with van der Waals surface area (Å²) < 4.78 is 16.0. The van der Waals surface area contributed by atoms with Crippen molar-refractivity contribution in [3.05, 3.63) is 42.5 Å². The summed E-state index contributed by atoms with van der Waals surface area (Å²) in [5, 5.41) is 5.43. The molecule has 32 heavy (non-hydrogen) atoms. The Morgan fingerprint density at radius 3 is 2.53 bits per heavy atom. The summed E-state index contributed by atoms with van der Waals surface area (Å²) >= 11 is 0. The quantitative estimate of drug-likeness (QED) is 0.731. The molecule has 1 atom stereocenters. The lowest BCUT2D eigenvalue weighted by molar-refractivity contribution is -0.125. The van der Waals surface area contributed by atoms with Gasteiger partial charge in [-0.2, -0.15) is 0 Å². The van der Waals surface area contributed by atoms with Crippen molar-refractivity contribution < 1.29 is 28.6 Å². The molecular weight excluding hydrogens is 414 g/mol. The largest absolute Gasteiger partial charge is 0.495 e. The van der Waals surface area contributed by atoms with E-state index in [4.69, 9.17) is 14.2 Å². The zero-order valence-corrected chi connectivity index (χ0v) is 18.7. The first-order chi connectivity index (χ1) is 15.1. The Bertz CT molecular complexity index is 1030. The third-order valence-electron chi connectivity index (χ3n) is 4.62. The van der Waals surface area contributed by atoms with Gasteiger partial charge in [0.05, 0.1) is 18.5 Å². The second kappa shape index (κ2) is 9.17. The summed E-state index contributed by atoms with van der Waals surface area (Å²) in [6.45, 7) is 6.70. The maximum atomic E-state index is 13.0. The molecule has 0 saturated heterocycles. The number of benzene rings is 2. The summed E-state index contributed by atoms with van der Waals surface area (Å²) in [6.07, 6.45) is -0.631. The molecule has 9 heteroatoms. The maximum absolute atomic E-state index is 13.0. The van der Waals surface area contributed by atoms with Crippen LogP contribution in [0.1, 0.15) is 27.7 Å². The number of hydrogen-bond donors (Lipinski definition) is 2. The molecule has 0 aliphatic carbocycles. The van der Waals surface area contributed by atoms with Gasteiger partial charge in [0.1, 0.15) is 23.1 Å². The molecule has 0 spiro atoms. The van der Waals surface area contributed by atoms with Crippen molar-refractivity contribution in [1.82, 2.24) is 0 Å². The Hall–Kier alpha value is -3.75. The van der Waals surface area contributed by atoms with E-state index in [0.29, 0.717) is 28.6 Å². The van der Waals surface area contributed by atoms with Crippen LogP contribution >= 0.6 is 0 Å².